The SMILES string of the molecule is CSc1ccc(C2=NN=N[N]2)s1. The predicted molar refractivity (Wildman–Crippen MR) is 49.6 cm³/mol. The standard InChI is InChI=1S/C6H5N4S2/c1-11-5-3-2-4(12-5)6-7-9-10-8-6/h2-3H,1H3. The van der Waals surface area contributed by atoms with Gasteiger partial charge in [0.05, 0.1) is 9.09 Å². The molecule has 0 N–H and O–H groups in total. The summed E-state index contributed by atoms with van der Waals surface area (Å²) in [5.74, 6) is 0.611. The van der Waals surface area contributed by atoms with Gasteiger partial charge in [0.1, 0.15) is 0 Å². The van der Waals surface area contributed by atoms with Gasteiger partial charge in [0, 0.05) is 0 Å². The van der Waals surface area contributed by atoms with E-state index in [-0.39, 0.29) is 0 Å². The van der Waals surface area contributed by atoms with E-state index in [4.69, 9.17) is 0 Å². The minimum atomic E-state index is 0.611. The van der Waals surface area contributed by atoms with E-state index >= 15 is 0 Å². The lowest BCUT2D eigenvalue weighted by Gasteiger charge is -1.88. The molecular weight excluding hydrogens is 192 g/mol. The van der Waals surface area contributed by atoms with Crippen LogP contribution >= 0.6 is 23.1 Å². The van der Waals surface area contributed by atoms with E-state index in [9.17, 15) is 0 Å². The van der Waals surface area contributed by atoms with E-state index in [0.717, 1.165) is 4.88 Å². The van der Waals surface area contributed by atoms with E-state index < -0.39 is 0 Å². The van der Waals surface area contributed by atoms with Gasteiger partial charge in [-0.15, -0.1) is 33.6 Å². The van der Waals surface area contributed by atoms with Crippen LogP contribution in [-0.2, 0) is 0 Å². The van der Waals surface area contributed by atoms with Crippen molar-refractivity contribution >= 4 is 28.9 Å². The smallest absolute Gasteiger partial charge is 0.125 e. The molecule has 2 rings (SSSR count). The molecule has 1 aliphatic rings. The first-order chi connectivity index (χ1) is 5.90. The molecule has 0 spiro atoms. The Kier molecular flexibility index (Phi) is 2.09. The second-order valence-electron chi connectivity index (χ2n) is 2.03. The Hall–Kier alpha value is -0.880. The summed E-state index contributed by atoms with van der Waals surface area (Å²) in [7, 11) is 0. The van der Waals surface area contributed by atoms with Gasteiger partial charge in [-0.25, -0.2) is 0 Å². The number of amidine groups is 1. The summed E-state index contributed by atoms with van der Waals surface area (Å²) < 4.78 is 1.25. The summed E-state index contributed by atoms with van der Waals surface area (Å²) in [6, 6.07) is 4.02. The van der Waals surface area contributed by atoms with Gasteiger partial charge in [-0.2, -0.15) is 0 Å². The summed E-state index contributed by atoms with van der Waals surface area (Å²) in [6.07, 6.45) is 2.04. The molecule has 2 heterocycles. The molecule has 0 aliphatic carbocycles. The maximum atomic E-state index is 3.76. The fraction of sp³-hybridized carbons (Fsp3) is 0.167. The highest BCUT2D eigenvalue weighted by atomic mass is 32.2. The normalized spacial score (nSPS) is 14.6. The van der Waals surface area contributed by atoms with Crippen LogP contribution in [0.15, 0.2) is 31.9 Å². The van der Waals surface area contributed by atoms with E-state index in [0.29, 0.717) is 5.84 Å². The lowest BCUT2D eigenvalue weighted by Crippen LogP contribution is -2.04. The Bertz CT molecular complexity index is 341. The maximum absolute atomic E-state index is 3.76. The van der Waals surface area contributed by atoms with Gasteiger partial charge in [-0.3, -0.25) is 0 Å². The van der Waals surface area contributed by atoms with Gasteiger partial charge in [0.25, 0.3) is 0 Å². The van der Waals surface area contributed by atoms with Crippen LogP contribution in [-0.4, -0.2) is 12.1 Å². The molecule has 0 unspecified atom stereocenters. The van der Waals surface area contributed by atoms with Crippen molar-refractivity contribution in [2.45, 2.75) is 4.21 Å². The van der Waals surface area contributed by atoms with Crippen LogP contribution < -0.4 is 5.43 Å². The Morgan fingerprint density at radius 3 is 2.83 bits per heavy atom. The third-order valence-corrected chi connectivity index (χ3v) is 3.49. The molecule has 0 atom stereocenters. The van der Waals surface area contributed by atoms with Crippen LogP contribution in [0.3, 0.4) is 0 Å². The van der Waals surface area contributed by atoms with Crippen LogP contribution in [0.5, 0.6) is 0 Å². The van der Waals surface area contributed by atoms with E-state index in [1.807, 2.05) is 18.4 Å². The van der Waals surface area contributed by atoms with Crippen LogP contribution in [0.4, 0.5) is 0 Å². The number of rotatable bonds is 2. The van der Waals surface area contributed by atoms with Crippen molar-refractivity contribution in [1.82, 2.24) is 5.43 Å². The van der Waals surface area contributed by atoms with Crippen molar-refractivity contribution in [3.63, 3.8) is 0 Å². The van der Waals surface area contributed by atoms with Crippen molar-refractivity contribution in [3.05, 3.63) is 17.0 Å². The number of hydrogen-bond donors (Lipinski definition) is 0. The van der Waals surface area contributed by atoms with Gasteiger partial charge in [-0.1, -0.05) is 0 Å². The molecule has 1 aromatic heterocycles. The zero-order valence-electron chi connectivity index (χ0n) is 6.26. The Balaban J connectivity index is 2.23. The highest BCUT2D eigenvalue weighted by Gasteiger charge is 2.11. The molecule has 1 aliphatic heterocycles. The first-order valence-electron chi connectivity index (χ1n) is 3.23. The molecule has 0 saturated heterocycles. The molecule has 0 bridgehead atoms. The third-order valence-electron chi connectivity index (χ3n) is 1.32. The summed E-state index contributed by atoms with van der Waals surface area (Å²) >= 11 is 3.36. The average molecular weight is 197 g/mol. The van der Waals surface area contributed by atoms with Gasteiger partial charge in [0.2, 0.25) is 5.84 Å². The zero-order chi connectivity index (χ0) is 8.39. The number of thioether (sulfide) groups is 1. The summed E-state index contributed by atoms with van der Waals surface area (Å²) in [5, 5.41) is 10.6. The maximum Gasteiger partial charge on any atom is 0.217 e. The summed E-state index contributed by atoms with van der Waals surface area (Å²) in [4.78, 5) is 1.02. The van der Waals surface area contributed by atoms with Crippen LogP contribution in [0, 0.1) is 0 Å². The van der Waals surface area contributed by atoms with Gasteiger partial charge in [-0.05, 0) is 28.8 Å². The molecule has 61 valence electrons. The van der Waals surface area contributed by atoms with Gasteiger partial charge in [0.15, 0.2) is 0 Å². The first kappa shape index (κ1) is 7.75. The Labute approximate surface area is 77.8 Å². The van der Waals surface area contributed by atoms with Crippen molar-refractivity contribution < 1.29 is 0 Å². The molecule has 0 amide bonds. The van der Waals surface area contributed by atoms with Crippen LogP contribution in [0.2, 0.25) is 0 Å². The molecule has 6 heteroatoms. The fourth-order valence-electron chi connectivity index (χ4n) is 0.793. The summed E-state index contributed by atoms with van der Waals surface area (Å²) in [6.45, 7) is 0. The highest BCUT2D eigenvalue weighted by molar-refractivity contribution is 8.00. The molecule has 0 saturated carbocycles. The average Bonchev–Trinajstić information content (AvgIpc) is 2.75. The zero-order valence-corrected chi connectivity index (χ0v) is 7.89. The third kappa shape index (κ3) is 1.35. The van der Waals surface area contributed by atoms with Crippen molar-refractivity contribution in [2.75, 3.05) is 6.26 Å². The van der Waals surface area contributed by atoms with Gasteiger partial charge < -0.3 is 0 Å². The number of hydrogen-bond acceptors (Lipinski definition) is 5. The second kappa shape index (κ2) is 3.24. The Morgan fingerprint density at radius 2 is 2.25 bits per heavy atom. The van der Waals surface area contributed by atoms with E-state index in [2.05, 4.69) is 21.0 Å². The predicted octanol–water partition coefficient (Wildman–Crippen LogP) is 2.12. The monoisotopic (exact) mass is 197 g/mol. The van der Waals surface area contributed by atoms with Crippen LogP contribution in [0.1, 0.15) is 4.88 Å². The quantitative estimate of drug-likeness (QED) is 0.670. The minimum absolute atomic E-state index is 0.611. The molecule has 4 nitrogen and oxygen atoms in total. The second-order valence-corrected chi connectivity index (χ2v) is 4.22. The molecular formula is C6H5N4S2. The number of thiophene rings is 1. The minimum Gasteiger partial charge on any atom is -0.125 e. The fourth-order valence-corrected chi connectivity index (χ4v) is 2.26. The molecule has 12 heavy (non-hydrogen) atoms. The molecule has 0 aromatic carbocycles. The summed E-state index contributed by atoms with van der Waals surface area (Å²) in [5.41, 5.74) is 3.76. The lowest BCUT2D eigenvalue weighted by atomic mass is 10.4. The molecule has 1 radical (unpaired) electrons. The van der Waals surface area contributed by atoms with Crippen molar-refractivity contribution in [1.29, 1.82) is 0 Å². The van der Waals surface area contributed by atoms with E-state index in [1.165, 1.54) is 4.21 Å². The van der Waals surface area contributed by atoms with Crippen LogP contribution in [0.25, 0.3) is 0 Å². The highest BCUT2D eigenvalue weighted by Crippen LogP contribution is 2.25. The lowest BCUT2D eigenvalue weighted by molar-refractivity contribution is 0.924. The molecule has 0 fully saturated rings. The van der Waals surface area contributed by atoms with Gasteiger partial charge >= 0.3 is 0 Å². The first-order valence-corrected chi connectivity index (χ1v) is 5.27. The molecule has 1 aromatic rings. The van der Waals surface area contributed by atoms with E-state index in [1.54, 1.807) is 23.1 Å². The Morgan fingerprint density at radius 1 is 1.33 bits per heavy atom. The largest absolute Gasteiger partial charge is 0.217 e. The topological polar surface area (TPSA) is 51.2 Å². The van der Waals surface area contributed by atoms with Crippen molar-refractivity contribution in [3.8, 4) is 0 Å². The number of nitrogens with zero attached hydrogens (tertiary/aromatic N) is 4. The van der Waals surface area contributed by atoms with Crippen molar-refractivity contribution in [2.24, 2.45) is 15.5 Å².